The van der Waals surface area contributed by atoms with Gasteiger partial charge in [0.1, 0.15) is 5.65 Å². The number of pyridine rings is 1. The molecule has 0 aliphatic carbocycles. The van der Waals surface area contributed by atoms with Gasteiger partial charge >= 0.3 is 0 Å². The fourth-order valence-electron chi connectivity index (χ4n) is 1.29. The van der Waals surface area contributed by atoms with Crippen LogP contribution in [-0.2, 0) is 6.42 Å². The van der Waals surface area contributed by atoms with E-state index in [-0.39, 0.29) is 5.56 Å². The molecular formula is C10H10N2O. The van der Waals surface area contributed by atoms with Gasteiger partial charge in [0.05, 0.1) is 0 Å². The van der Waals surface area contributed by atoms with E-state index in [4.69, 9.17) is 0 Å². The number of nitrogens with zero attached hydrogens (tertiary/aromatic N) is 2. The van der Waals surface area contributed by atoms with E-state index < -0.39 is 0 Å². The Morgan fingerprint density at radius 3 is 3.00 bits per heavy atom. The van der Waals surface area contributed by atoms with Crippen molar-refractivity contribution in [3.63, 3.8) is 0 Å². The second-order valence-corrected chi connectivity index (χ2v) is 2.90. The Morgan fingerprint density at radius 1 is 1.38 bits per heavy atom. The summed E-state index contributed by atoms with van der Waals surface area (Å²) in [4.78, 5) is 15.5. The number of aromatic nitrogens is 2. The molecule has 0 spiro atoms. The Hall–Kier alpha value is -1.64. The predicted octanol–water partition coefficient (Wildman–Crippen LogP) is 1.26. The molecule has 3 heteroatoms. The Kier molecular flexibility index (Phi) is 1.85. The van der Waals surface area contributed by atoms with Gasteiger partial charge in [0.25, 0.3) is 5.56 Å². The minimum Gasteiger partial charge on any atom is -0.269 e. The molecule has 0 fully saturated rings. The summed E-state index contributed by atoms with van der Waals surface area (Å²) >= 11 is 0. The maximum Gasteiger partial charge on any atom is 0.257 e. The van der Waals surface area contributed by atoms with Gasteiger partial charge in [-0.05, 0) is 18.1 Å². The van der Waals surface area contributed by atoms with Crippen LogP contribution in [0.4, 0.5) is 0 Å². The van der Waals surface area contributed by atoms with Gasteiger partial charge in [0.15, 0.2) is 0 Å². The summed E-state index contributed by atoms with van der Waals surface area (Å²) in [6.07, 6.45) is 4.30. The predicted molar refractivity (Wildman–Crippen MR) is 50.8 cm³/mol. The van der Waals surface area contributed by atoms with Gasteiger partial charge in [-0.2, -0.15) is 0 Å². The third kappa shape index (κ3) is 1.33. The van der Waals surface area contributed by atoms with Gasteiger partial charge in [-0.1, -0.05) is 13.0 Å². The first kappa shape index (κ1) is 7.98. The maximum absolute atomic E-state index is 11.4. The Morgan fingerprint density at radius 2 is 2.23 bits per heavy atom. The first-order valence-electron chi connectivity index (χ1n) is 4.27. The first-order valence-corrected chi connectivity index (χ1v) is 4.27. The van der Waals surface area contributed by atoms with E-state index in [1.807, 2.05) is 18.3 Å². The van der Waals surface area contributed by atoms with Crippen molar-refractivity contribution < 1.29 is 0 Å². The van der Waals surface area contributed by atoms with Crippen molar-refractivity contribution in [2.75, 3.05) is 0 Å². The van der Waals surface area contributed by atoms with Crippen molar-refractivity contribution in [3.8, 4) is 0 Å². The monoisotopic (exact) mass is 174 g/mol. The van der Waals surface area contributed by atoms with Gasteiger partial charge in [-0.25, -0.2) is 4.98 Å². The molecule has 0 aliphatic heterocycles. The third-order valence-corrected chi connectivity index (χ3v) is 2.06. The number of hydrogen-bond donors (Lipinski definition) is 0. The van der Waals surface area contributed by atoms with Crippen LogP contribution in [0.1, 0.15) is 12.5 Å². The van der Waals surface area contributed by atoms with Gasteiger partial charge in [0, 0.05) is 18.5 Å². The highest BCUT2D eigenvalue weighted by Gasteiger charge is 1.96. The average Bonchev–Trinajstić information content (AvgIpc) is 2.18. The van der Waals surface area contributed by atoms with E-state index in [0.29, 0.717) is 5.65 Å². The number of aryl methyl sites for hydroxylation is 1. The smallest absolute Gasteiger partial charge is 0.257 e. The number of fused-ring (bicyclic) bond motifs is 1. The molecule has 0 saturated heterocycles. The van der Waals surface area contributed by atoms with E-state index in [1.54, 1.807) is 4.40 Å². The van der Waals surface area contributed by atoms with E-state index in [1.165, 1.54) is 12.3 Å². The standard InChI is InChI=1S/C10H10N2O/c1-2-8-3-4-9-11-6-5-10(13)12(9)7-8/h3-7H,2H2,1H3. The zero-order valence-electron chi connectivity index (χ0n) is 7.40. The largest absolute Gasteiger partial charge is 0.269 e. The molecule has 3 nitrogen and oxygen atoms in total. The molecule has 0 saturated carbocycles. The molecule has 0 atom stereocenters. The highest BCUT2D eigenvalue weighted by atomic mass is 16.1. The van der Waals surface area contributed by atoms with E-state index >= 15 is 0 Å². The Labute approximate surface area is 75.7 Å². The molecular weight excluding hydrogens is 164 g/mol. The van der Waals surface area contributed by atoms with Crippen LogP contribution in [0.25, 0.3) is 5.65 Å². The van der Waals surface area contributed by atoms with Crippen molar-refractivity contribution in [2.24, 2.45) is 0 Å². The molecule has 13 heavy (non-hydrogen) atoms. The van der Waals surface area contributed by atoms with E-state index in [0.717, 1.165) is 12.0 Å². The van der Waals surface area contributed by atoms with Crippen LogP contribution in [0.15, 0.2) is 35.4 Å². The summed E-state index contributed by atoms with van der Waals surface area (Å²) in [6, 6.07) is 5.31. The fraction of sp³-hybridized carbons (Fsp3) is 0.200. The molecule has 0 aromatic carbocycles. The molecule has 0 bridgehead atoms. The highest BCUT2D eigenvalue weighted by Crippen LogP contribution is 2.01. The van der Waals surface area contributed by atoms with Gasteiger partial charge in [-0.15, -0.1) is 0 Å². The topological polar surface area (TPSA) is 34.4 Å². The van der Waals surface area contributed by atoms with E-state index in [9.17, 15) is 4.79 Å². The summed E-state index contributed by atoms with van der Waals surface area (Å²) in [6.45, 7) is 2.06. The van der Waals surface area contributed by atoms with Crippen molar-refractivity contribution in [3.05, 3.63) is 46.5 Å². The Bertz CT molecular complexity index is 487. The summed E-state index contributed by atoms with van der Waals surface area (Å²) in [5.41, 5.74) is 1.81. The minimum atomic E-state index is -0.0275. The van der Waals surface area contributed by atoms with Crippen LogP contribution < -0.4 is 5.56 Å². The van der Waals surface area contributed by atoms with Crippen LogP contribution >= 0.6 is 0 Å². The van der Waals surface area contributed by atoms with Crippen molar-refractivity contribution in [1.82, 2.24) is 9.38 Å². The Balaban J connectivity index is 2.82. The summed E-state index contributed by atoms with van der Waals surface area (Å²) < 4.78 is 1.57. The lowest BCUT2D eigenvalue weighted by Crippen LogP contribution is -2.12. The van der Waals surface area contributed by atoms with Gasteiger partial charge in [0.2, 0.25) is 0 Å². The lowest BCUT2D eigenvalue weighted by atomic mass is 10.2. The van der Waals surface area contributed by atoms with Crippen LogP contribution in [0, 0.1) is 0 Å². The number of rotatable bonds is 1. The third-order valence-electron chi connectivity index (χ3n) is 2.06. The van der Waals surface area contributed by atoms with Gasteiger partial charge in [-0.3, -0.25) is 9.20 Å². The van der Waals surface area contributed by atoms with Gasteiger partial charge < -0.3 is 0 Å². The van der Waals surface area contributed by atoms with Crippen LogP contribution in [0.3, 0.4) is 0 Å². The molecule has 0 amide bonds. The zero-order chi connectivity index (χ0) is 9.26. The van der Waals surface area contributed by atoms with Crippen LogP contribution in [0.5, 0.6) is 0 Å². The molecule has 0 N–H and O–H groups in total. The molecule has 2 heterocycles. The summed E-state index contributed by atoms with van der Waals surface area (Å²) in [5.74, 6) is 0. The minimum absolute atomic E-state index is 0.0275. The van der Waals surface area contributed by atoms with Crippen LogP contribution in [-0.4, -0.2) is 9.38 Å². The molecule has 2 aromatic heterocycles. The van der Waals surface area contributed by atoms with Crippen molar-refractivity contribution >= 4 is 5.65 Å². The maximum atomic E-state index is 11.4. The van der Waals surface area contributed by atoms with Crippen molar-refractivity contribution in [1.29, 1.82) is 0 Å². The summed E-state index contributed by atoms with van der Waals surface area (Å²) in [5, 5.41) is 0. The fourth-order valence-corrected chi connectivity index (χ4v) is 1.29. The first-order chi connectivity index (χ1) is 6.31. The second-order valence-electron chi connectivity index (χ2n) is 2.90. The summed E-state index contributed by atoms with van der Waals surface area (Å²) in [7, 11) is 0. The highest BCUT2D eigenvalue weighted by molar-refractivity contribution is 5.38. The zero-order valence-corrected chi connectivity index (χ0v) is 7.40. The molecule has 0 radical (unpaired) electrons. The van der Waals surface area contributed by atoms with E-state index in [2.05, 4.69) is 11.9 Å². The molecule has 0 aliphatic rings. The quantitative estimate of drug-likeness (QED) is 0.652. The second kappa shape index (κ2) is 3.01. The molecule has 2 rings (SSSR count). The average molecular weight is 174 g/mol. The lowest BCUT2D eigenvalue weighted by Gasteiger charge is -2.00. The molecule has 0 unspecified atom stereocenters. The molecule has 66 valence electrons. The lowest BCUT2D eigenvalue weighted by molar-refractivity contribution is 1.00. The number of hydrogen-bond acceptors (Lipinski definition) is 2. The van der Waals surface area contributed by atoms with Crippen molar-refractivity contribution in [2.45, 2.75) is 13.3 Å². The SMILES string of the molecule is CCc1ccc2nccc(=O)n2c1. The normalized spacial score (nSPS) is 10.5. The molecule has 2 aromatic rings. The van der Waals surface area contributed by atoms with Crippen LogP contribution in [0.2, 0.25) is 0 Å².